The molecule has 0 saturated carbocycles. The van der Waals surface area contributed by atoms with E-state index in [1.165, 1.54) is 0 Å². The quantitative estimate of drug-likeness (QED) is 0.696. The third kappa shape index (κ3) is 6.97. The molecule has 0 bridgehead atoms. The molecule has 0 aliphatic carbocycles. The largest absolute Gasteiger partial charge is 0.462 e. The Labute approximate surface area is 104 Å². The fraction of sp³-hybridized carbons (Fsp3) is 0.846. The first-order chi connectivity index (χ1) is 7.73. The summed E-state index contributed by atoms with van der Waals surface area (Å²) in [5.41, 5.74) is 5.28. The first-order valence-electron chi connectivity index (χ1n) is 6.22. The van der Waals surface area contributed by atoms with Gasteiger partial charge in [-0.05, 0) is 25.2 Å². The van der Waals surface area contributed by atoms with Crippen LogP contribution in [0.4, 0.5) is 0 Å². The van der Waals surface area contributed by atoms with Crippen molar-refractivity contribution in [1.82, 2.24) is 0 Å². The second-order valence-corrected chi connectivity index (χ2v) is 5.37. The average Bonchev–Trinajstić information content (AvgIpc) is 2.15. The molecule has 100 valence electrons. The van der Waals surface area contributed by atoms with Gasteiger partial charge >= 0.3 is 5.97 Å². The molecule has 4 nitrogen and oxygen atoms in total. The highest BCUT2D eigenvalue weighted by Crippen LogP contribution is 2.17. The molecule has 0 rings (SSSR count). The number of hydrogen-bond acceptors (Lipinski definition) is 3. The first kappa shape index (κ1) is 15.9. The van der Waals surface area contributed by atoms with Crippen molar-refractivity contribution >= 4 is 11.9 Å². The summed E-state index contributed by atoms with van der Waals surface area (Å²) >= 11 is 0. The van der Waals surface area contributed by atoms with Gasteiger partial charge in [-0.25, -0.2) is 0 Å². The van der Waals surface area contributed by atoms with Gasteiger partial charge in [-0.3, -0.25) is 9.59 Å². The van der Waals surface area contributed by atoms with E-state index >= 15 is 0 Å². The van der Waals surface area contributed by atoms with Gasteiger partial charge in [-0.1, -0.05) is 27.7 Å². The number of rotatable bonds is 7. The summed E-state index contributed by atoms with van der Waals surface area (Å²) < 4.78 is 5.23. The fourth-order valence-corrected chi connectivity index (χ4v) is 1.46. The van der Waals surface area contributed by atoms with Gasteiger partial charge in [0, 0.05) is 5.92 Å². The SMILES string of the molecule is CC(C)CC(CC(=O)OC(C)C(C)C)C(N)=O. The van der Waals surface area contributed by atoms with Crippen molar-refractivity contribution in [2.75, 3.05) is 0 Å². The molecule has 0 saturated heterocycles. The lowest BCUT2D eigenvalue weighted by molar-refractivity contribution is -0.152. The van der Waals surface area contributed by atoms with Crippen molar-refractivity contribution in [3.63, 3.8) is 0 Å². The molecular weight excluding hydrogens is 218 g/mol. The Bertz CT molecular complexity index is 261. The molecule has 2 N–H and O–H groups in total. The van der Waals surface area contributed by atoms with E-state index in [9.17, 15) is 9.59 Å². The predicted molar refractivity (Wildman–Crippen MR) is 67.1 cm³/mol. The number of amides is 1. The van der Waals surface area contributed by atoms with Crippen molar-refractivity contribution in [3.8, 4) is 0 Å². The average molecular weight is 243 g/mol. The number of primary amides is 1. The second-order valence-electron chi connectivity index (χ2n) is 5.37. The van der Waals surface area contributed by atoms with E-state index in [0.29, 0.717) is 12.3 Å². The Hall–Kier alpha value is -1.06. The van der Waals surface area contributed by atoms with E-state index in [-0.39, 0.29) is 24.4 Å². The molecule has 1 amide bonds. The van der Waals surface area contributed by atoms with Crippen LogP contribution in [0.2, 0.25) is 0 Å². The number of ether oxygens (including phenoxy) is 1. The third-order valence-corrected chi connectivity index (χ3v) is 2.83. The van der Waals surface area contributed by atoms with Crippen LogP contribution in [-0.2, 0) is 14.3 Å². The molecule has 2 atom stereocenters. The lowest BCUT2D eigenvalue weighted by Gasteiger charge is -2.19. The van der Waals surface area contributed by atoms with Crippen LogP contribution in [-0.4, -0.2) is 18.0 Å². The highest BCUT2D eigenvalue weighted by atomic mass is 16.5. The van der Waals surface area contributed by atoms with Crippen LogP contribution in [0.1, 0.15) is 47.5 Å². The highest BCUT2D eigenvalue weighted by Gasteiger charge is 2.23. The van der Waals surface area contributed by atoms with E-state index in [1.54, 1.807) is 0 Å². The van der Waals surface area contributed by atoms with Gasteiger partial charge in [-0.2, -0.15) is 0 Å². The fourth-order valence-electron chi connectivity index (χ4n) is 1.46. The van der Waals surface area contributed by atoms with Crippen LogP contribution >= 0.6 is 0 Å². The molecule has 0 aromatic carbocycles. The summed E-state index contributed by atoms with van der Waals surface area (Å²) in [4.78, 5) is 22.8. The molecular formula is C13H25NO3. The second kappa shape index (κ2) is 7.30. The zero-order valence-corrected chi connectivity index (χ0v) is 11.5. The van der Waals surface area contributed by atoms with Crippen molar-refractivity contribution in [2.24, 2.45) is 23.5 Å². The zero-order valence-electron chi connectivity index (χ0n) is 11.5. The maximum Gasteiger partial charge on any atom is 0.306 e. The molecule has 0 fully saturated rings. The summed E-state index contributed by atoms with van der Waals surface area (Å²) in [5, 5.41) is 0. The highest BCUT2D eigenvalue weighted by molar-refractivity contribution is 5.82. The van der Waals surface area contributed by atoms with Crippen LogP contribution in [0.15, 0.2) is 0 Å². The van der Waals surface area contributed by atoms with Crippen LogP contribution in [0.3, 0.4) is 0 Å². The van der Waals surface area contributed by atoms with Gasteiger partial charge < -0.3 is 10.5 Å². The van der Waals surface area contributed by atoms with Crippen molar-refractivity contribution in [2.45, 2.75) is 53.6 Å². The predicted octanol–water partition coefficient (Wildman–Crippen LogP) is 2.11. The Morgan fingerprint density at radius 1 is 1.12 bits per heavy atom. The molecule has 2 unspecified atom stereocenters. The normalized spacial score (nSPS) is 14.8. The molecule has 17 heavy (non-hydrogen) atoms. The summed E-state index contributed by atoms with van der Waals surface area (Å²) in [5.74, 6) is -0.565. The zero-order chi connectivity index (χ0) is 13.6. The van der Waals surface area contributed by atoms with Crippen molar-refractivity contribution in [3.05, 3.63) is 0 Å². The maximum atomic E-state index is 11.6. The molecule has 4 heteroatoms. The standard InChI is InChI=1S/C13H25NO3/c1-8(2)6-11(13(14)16)7-12(15)17-10(5)9(3)4/h8-11H,6-7H2,1-5H3,(H2,14,16). The number of carbonyl (C=O) groups excluding carboxylic acids is 2. The van der Waals surface area contributed by atoms with E-state index in [2.05, 4.69) is 0 Å². The van der Waals surface area contributed by atoms with Crippen molar-refractivity contribution < 1.29 is 14.3 Å². The van der Waals surface area contributed by atoms with Gasteiger partial charge in [-0.15, -0.1) is 0 Å². The van der Waals surface area contributed by atoms with E-state index in [0.717, 1.165) is 0 Å². The monoisotopic (exact) mass is 243 g/mol. The Kier molecular flexibility index (Phi) is 6.85. The summed E-state index contributed by atoms with van der Waals surface area (Å²) in [7, 11) is 0. The molecule has 0 spiro atoms. The molecule has 0 aromatic heterocycles. The Balaban J connectivity index is 4.26. The Morgan fingerprint density at radius 3 is 2.00 bits per heavy atom. The summed E-state index contributed by atoms with van der Waals surface area (Å²) in [6.07, 6.45) is 0.584. The molecule has 0 aliphatic rings. The summed E-state index contributed by atoms with van der Waals surface area (Å²) in [6.45, 7) is 9.82. The van der Waals surface area contributed by atoms with Gasteiger partial charge in [0.2, 0.25) is 5.91 Å². The van der Waals surface area contributed by atoms with Gasteiger partial charge in [0.15, 0.2) is 0 Å². The van der Waals surface area contributed by atoms with Crippen LogP contribution in [0, 0.1) is 17.8 Å². The third-order valence-electron chi connectivity index (χ3n) is 2.83. The molecule has 0 aliphatic heterocycles. The molecule has 0 radical (unpaired) electrons. The number of esters is 1. The van der Waals surface area contributed by atoms with Gasteiger partial charge in [0.25, 0.3) is 0 Å². The number of hydrogen-bond donors (Lipinski definition) is 1. The van der Waals surface area contributed by atoms with Gasteiger partial charge in [0.1, 0.15) is 6.10 Å². The van der Waals surface area contributed by atoms with E-state index < -0.39 is 11.8 Å². The van der Waals surface area contributed by atoms with E-state index in [4.69, 9.17) is 10.5 Å². The Morgan fingerprint density at radius 2 is 1.65 bits per heavy atom. The first-order valence-corrected chi connectivity index (χ1v) is 6.22. The lowest BCUT2D eigenvalue weighted by atomic mass is 9.93. The smallest absolute Gasteiger partial charge is 0.306 e. The van der Waals surface area contributed by atoms with Gasteiger partial charge in [0.05, 0.1) is 6.42 Å². The minimum Gasteiger partial charge on any atom is -0.462 e. The van der Waals surface area contributed by atoms with Crippen LogP contribution < -0.4 is 5.73 Å². The molecule has 0 heterocycles. The maximum absolute atomic E-state index is 11.6. The van der Waals surface area contributed by atoms with Crippen LogP contribution in [0.5, 0.6) is 0 Å². The van der Waals surface area contributed by atoms with E-state index in [1.807, 2.05) is 34.6 Å². The minimum atomic E-state index is -0.423. The summed E-state index contributed by atoms with van der Waals surface area (Å²) in [6, 6.07) is 0. The van der Waals surface area contributed by atoms with Crippen LogP contribution in [0.25, 0.3) is 0 Å². The number of carbonyl (C=O) groups is 2. The topological polar surface area (TPSA) is 69.4 Å². The minimum absolute atomic E-state index is 0.0879. The van der Waals surface area contributed by atoms with Crippen molar-refractivity contribution in [1.29, 1.82) is 0 Å². The lowest BCUT2D eigenvalue weighted by Crippen LogP contribution is -2.29. The molecule has 0 aromatic rings. The number of nitrogens with two attached hydrogens (primary N) is 1.